The lowest BCUT2D eigenvalue weighted by Gasteiger charge is -2.43. The normalized spacial score (nSPS) is 31.5. The number of hydrogen-bond donors (Lipinski definition) is 2. The van der Waals surface area contributed by atoms with Crippen LogP contribution in [0.2, 0.25) is 0 Å². The van der Waals surface area contributed by atoms with E-state index in [-0.39, 0.29) is 25.0 Å². The maximum absolute atomic E-state index is 11.9. The van der Waals surface area contributed by atoms with E-state index in [4.69, 9.17) is 5.73 Å². The fourth-order valence-corrected chi connectivity index (χ4v) is 4.12. The van der Waals surface area contributed by atoms with Crippen LogP contribution in [0.25, 0.3) is 0 Å². The lowest BCUT2D eigenvalue weighted by Crippen LogP contribution is -2.60. The van der Waals surface area contributed by atoms with E-state index in [0.29, 0.717) is 0 Å². The van der Waals surface area contributed by atoms with Gasteiger partial charge in [0, 0.05) is 26.2 Å². The summed E-state index contributed by atoms with van der Waals surface area (Å²) >= 11 is 0. The van der Waals surface area contributed by atoms with E-state index in [9.17, 15) is 18.3 Å². The van der Waals surface area contributed by atoms with Crippen LogP contribution in [0.3, 0.4) is 0 Å². The van der Waals surface area contributed by atoms with Gasteiger partial charge in [-0.1, -0.05) is 0 Å². The molecule has 122 valence electrons. The van der Waals surface area contributed by atoms with Gasteiger partial charge in [0.25, 0.3) is 0 Å². The molecule has 0 radical (unpaired) electrons. The number of carbonyl (C=O) groups excluding carboxylic acids is 1. The first-order valence-electron chi connectivity index (χ1n) is 7.33. The Labute approximate surface area is 126 Å². The minimum absolute atomic E-state index is 0.0247. The third-order valence-electron chi connectivity index (χ3n) is 4.91. The van der Waals surface area contributed by atoms with Crippen molar-refractivity contribution in [3.63, 3.8) is 0 Å². The Morgan fingerprint density at radius 1 is 1.48 bits per heavy atom. The van der Waals surface area contributed by atoms with Gasteiger partial charge in [0.2, 0.25) is 15.9 Å². The highest BCUT2D eigenvalue weighted by Crippen LogP contribution is 2.43. The Morgan fingerprint density at radius 3 is 2.71 bits per heavy atom. The van der Waals surface area contributed by atoms with Gasteiger partial charge in [-0.25, -0.2) is 12.7 Å². The van der Waals surface area contributed by atoms with E-state index in [0.717, 1.165) is 42.7 Å². The molecule has 2 heterocycles. The summed E-state index contributed by atoms with van der Waals surface area (Å²) in [7, 11) is -1.88. The number of likely N-dealkylation sites (N-methyl/N-ethyl adjacent to an activating group) is 1. The maximum atomic E-state index is 11.9. The third kappa shape index (κ3) is 3.23. The number of sulfonamides is 1. The van der Waals surface area contributed by atoms with Gasteiger partial charge in [-0.3, -0.25) is 9.69 Å². The van der Waals surface area contributed by atoms with Crippen molar-refractivity contribution in [1.82, 2.24) is 9.21 Å². The van der Waals surface area contributed by atoms with E-state index in [1.165, 1.54) is 7.05 Å². The van der Waals surface area contributed by atoms with Crippen molar-refractivity contribution in [1.29, 1.82) is 0 Å². The van der Waals surface area contributed by atoms with Crippen LogP contribution < -0.4 is 5.73 Å². The van der Waals surface area contributed by atoms with Crippen molar-refractivity contribution in [2.24, 2.45) is 5.73 Å². The SMILES string of the molecule is CN(C[C@@H](O)CN1[C@@H]2CCC[C@@]1(C(N)=O)CC2)S(C)(=O)=O. The average molecular weight is 319 g/mol. The predicted octanol–water partition coefficient (Wildman–Crippen LogP) is -0.889. The van der Waals surface area contributed by atoms with Crippen LogP contribution in [0.1, 0.15) is 32.1 Å². The minimum Gasteiger partial charge on any atom is -0.390 e. The first-order valence-corrected chi connectivity index (χ1v) is 9.18. The Morgan fingerprint density at radius 2 is 2.14 bits per heavy atom. The average Bonchev–Trinajstić information content (AvgIpc) is 2.58. The van der Waals surface area contributed by atoms with Gasteiger partial charge in [-0.15, -0.1) is 0 Å². The number of piperidine rings is 1. The third-order valence-corrected chi connectivity index (χ3v) is 6.19. The molecule has 1 amide bonds. The van der Waals surface area contributed by atoms with Crippen molar-refractivity contribution in [2.75, 3.05) is 26.4 Å². The van der Waals surface area contributed by atoms with Crippen molar-refractivity contribution in [2.45, 2.75) is 49.8 Å². The number of β-amino-alcohol motifs (C(OH)–C–C–N with tert-alkyl or cyclic N) is 1. The summed E-state index contributed by atoms with van der Waals surface area (Å²) in [5.74, 6) is -0.326. The largest absolute Gasteiger partial charge is 0.390 e. The molecule has 3 atom stereocenters. The van der Waals surface area contributed by atoms with Gasteiger partial charge in [0.05, 0.1) is 12.4 Å². The van der Waals surface area contributed by atoms with Crippen molar-refractivity contribution in [3.8, 4) is 0 Å². The molecule has 0 unspecified atom stereocenters. The number of nitrogens with two attached hydrogens (primary N) is 1. The lowest BCUT2D eigenvalue weighted by molar-refractivity contribution is -0.132. The van der Waals surface area contributed by atoms with Crippen LogP contribution >= 0.6 is 0 Å². The molecule has 0 aromatic carbocycles. The summed E-state index contributed by atoms with van der Waals surface area (Å²) < 4.78 is 23.9. The van der Waals surface area contributed by atoms with Gasteiger partial charge in [0.1, 0.15) is 5.54 Å². The van der Waals surface area contributed by atoms with Gasteiger partial charge in [-0.05, 0) is 32.1 Å². The molecule has 2 bridgehead atoms. The summed E-state index contributed by atoms with van der Waals surface area (Å²) in [5, 5.41) is 10.2. The van der Waals surface area contributed by atoms with Crippen LogP contribution in [0.4, 0.5) is 0 Å². The molecule has 0 aromatic rings. The number of hydrogen-bond acceptors (Lipinski definition) is 5. The number of nitrogens with zero attached hydrogens (tertiary/aromatic N) is 2. The summed E-state index contributed by atoms with van der Waals surface area (Å²) in [4.78, 5) is 13.9. The predicted molar refractivity (Wildman–Crippen MR) is 79.0 cm³/mol. The molecule has 0 spiro atoms. The van der Waals surface area contributed by atoms with Crippen LogP contribution in [0, 0.1) is 0 Å². The van der Waals surface area contributed by atoms with Crippen molar-refractivity contribution in [3.05, 3.63) is 0 Å². The number of primary amides is 1. The lowest BCUT2D eigenvalue weighted by atomic mass is 9.87. The zero-order valence-electron chi connectivity index (χ0n) is 12.7. The molecule has 8 heteroatoms. The Bertz CT molecular complexity index is 506. The number of aliphatic hydroxyl groups excluding tert-OH is 1. The molecular weight excluding hydrogens is 294 g/mol. The number of carbonyl (C=O) groups is 1. The number of rotatable bonds is 6. The zero-order chi connectivity index (χ0) is 15.8. The molecule has 21 heavy (non-hydrogen) atoms. The van der Waals surface area contributed by atoms with Gasteiger partial charge >= 0.3 is 0 Å². The van der Waals surface area contributed by atoms with E-state index >= 15 is 0 Å². The first kappa shape index (κ1) is 16.7. The number of amides is 1. The summed E-state index contributed by atoms with van der Waals surface area (Å²) in [6, 6.07) is 0.268. The number of fused-ring (bicyclic) bond motifs is 2. The highest BCUT2D eigenvalue weighted by Gasteiger charge is 2.52. The van der Waals surface area contributed by atoms with E-state index in [1.54, 1.807) is 0 Å². The molecule has 2 rings (SSSR count). The molecule has 2 aliphatic rings. The van der Waals surface area contributed by atoms with Gasteiger partial charge in [0.15, 0.2) is 0 Å². The topological polar surface area (TPSA) is 104 Å². The highest BCUT2D eigenvalue weighted by atomic mass is 32.2. The molecule has 2 saturated heterocycles. The summed E-state index contributed by atoms with van der Waals surface area (Å²) in [6.07, 6.45) is 4.64. The molecular formula is C13H25N3O4S. The second kappa shape index (κ2) is 5.83. The van der Waals surface area contributed by atoms with Crippen molar-refractivity contribution >= 4 is 15.9 Å². The van der Waals surface area contributed by atoms with Crippen LogP contribution in [-0.4, -0.2) is 72.7 Å². The van der Waals surface area contributed by atoms with E-state index < -0.39 is 21.7 Å². The molecule has 3 N–H and O–H groups in total. The van der Waals surface area contributed by atoms with Crippen LogP contribution in [0.15, 0.2) is 0 Å². The second-order valence-corrected chi connectivity index (χ2v) is 8.42. The van der Waals surface area contributed by atoms with E-state index in [2.05, 4.69) is 0 Å². The van der Waals surface area contributed by atoms with Crippen LogP contribution in [0.5, 0.6) is 0 Å². The highest BCUT2D eigenvalue weighted by molar-refractivity contribution is 7.88. The maximum Gasteiger partial charge on any atom is 0.237 e. The molecule has 0 aliphatic carbocycles. The van der Waals surface area contributed by atoms with Crippen LogP contribution in [-0.2, 0) is 14.8 Å². The minimum atomic E-state index is -3.32. The fraction of sp³-hybridized carbons (Fsp3) is 0.923. The Hall–Kier alpha value is -0.700. The Balaban J connectivity index is 2.06. The second-order valence-electron chi connectivity index (χ2n) is 6.33. The van der Waals surface area contributed by atoms with Gasteiger partial charge in [-0.2, -0.15) is 0 Å². The summed E-state index contributed by atoms with van der Waals surface area (Å²) in [5.41, 5.74) is 4.96. The molecule has 0 aromatic heterocycles. The monoisotopic (exact) mass is 319 g/mol. The Kier molecular flexibility index (Phi) is 4.63. The smallest absolute Gasteiger partial charge is 0.237 e. The molecule has 7 nitrogen and oxygen atoms in total. The standard InChI is InChI=1S/C13H25N3O4S/c1-15(21(2,19)20)8-11(17)9-16-10-4-3-6-13(16,7-5-10)12(14)18/h10-11,17H,3-9H2,1-2H3,(H2,14,18)/t10-,11-,13+/m1/s1. The number of aliphatic hydroxyl groups is 1. The fourth-order valence-electron chi connectivity index (χ4n) is 3.68. The van der Waals surface area contributed by atoms with E-state index in [1.807, 2.05) is 4.90 Å². The first-order chi connectivity index (χ1) is 9.67. The summed E-state index contributed by atoms with van der Waals surface area (Å²) in [6.45, 7) is 0.310. The molecule has 2 fully saturated rings. The van der Waals surface area contributed by atoms with Gasteiger partial charge < -0.3 is 10.8 Å². The quantitative estimate of drug-likeness (QED) is 0.661. The van der Waals surface area contributed by atoms with Crippen molar-refractivity contribution < 1.29 is 18.3 Å². The molecule has 0 saturated carbocycles. The zero-order valence-corrected chi connectivity index (χ0v) is 13.5. The molecule has 2 aliphatic heterocycles.